The first-order valence-corrected chi connectivity index (χ1v) is 37.1. The van der Waals surface area contributed by atoms with E-state index in [4.69, 9.17) is 18.9 Å². The molecule has 13 nitrogen and oxygen atoms in total. The molecular formula is C95H102F2N4O9. The molecule has 2 aliphatic heterocycles. The van der Waals surface area contributed by atoms with E-state index >= 15 is 0 Å². The maximum atomic E-state index is 13.5. The Kier molecular flexibility index (Phi) is 30.9. The second-order valence-electron chi connectivity index (χ2n) is 27.4. The number of anilines is 2. The molecule has 2 fully saturated rings. The third-order valence-electron chi connectivity index (χ3n) is 18.7. The Morgan fingerprint density at radius 3 is 0.818 bits per heavy atom. The number of hydrogen-bond donors (Lipinski definition) is 5. The molecule has 0 unspecified atom stereocenters. The van der Waals surface area contributed by atoms with E-state index in [0.717, 1.165) is 108 Å². The lowest BCUT2D eigenvalue weighted by Crippen LogP contribution is -2.17. The lowest BCUT2D eigenvalue weighted by molar-refractivity contribution is 0.146. The molecule has 0 radical (unpaired) electrons. The number of nitrogens with zero attached hydrogens (tertiary/aromatic N) is 4. The van der Waals surface area contributed by atoms with Gasteiger partial charge in [0.1, 0.15) is 42.0 Å². The summed E-state index contributed by atoms with van der Waals surface area (Å²) in [7, 11) is 3.29. The summed E-state index contributed by atoms with van der Waals surface area (Å²) in [6.45, 7) is 21.7. The van der Waals surface area contributed by atoms with Crippen molar-refractivity contribution in [2.75, 3.05) is 76.6 Å². The molecule has 3 heterocycles. The molecule has 5 N–H and O–H groups in total. The van der Waals surface area contributed by atoms with E-state index in [1.165, 1.54) is 67.8 Å². The second-order valence-corrected chi connectivity index (χ2v) is 27.4. The molecule has 10 aromatic carbocycles. The summed E-state index contributed by atoms with van der Waals surface area (Å²) in [6, 6.07) is 60.9. The highest BCUT2D eigenvalue weighted by Crippen LogP contribution is 2.31. The zero-order valence-corrected chi connectivity index (χ0v) is 64.7. The molecular weight excluding hydrogens is 1380 g/mol. The number of hydrogen-bond acceptors (Lipinski definition) is 12. The molecule has 0 amide bonds. The largest absolute Gasteiger partial charge is 0.507 e. The molecule has 110 heavy (non-hydrogen) atoms. The predicted molar refractivity (Wildman–Crippen MR) is 450 cm³/mol. The van der Waals surface area contributed by atoms with E-state index in [9.17, 15) is 34.3 Å². The van der Waals surface area contributed by atoms with E-state index in [-0.39, 0.29) is 11.5 Å². The van der Waals surface area contributed by atoms with Gasteiger partial charge in [0.2, 0.25) is 0 Å². The number of methoxy groups -OCH3 is 2. The zero-order chi connectivity index (χ0) is 78.5. The number of aryl methyl sites for hydroxylation is 8. The lowest BCUT2D eigenvalue weighted by Gasteiger charge is -2.17. The van der Waals surface area contributed by atoms with Crippen LogP contribution in [0.4, 0.5) is 20.2 Å². The summed E-state index contributed by atoms with van der Waals surface area (Å²) in [5, 5.41) is 52.5. The van der Waals surface area contributed by atoms with Gasteiger partial charge in [-0.2, -0.15) is 5.10 Å². The average Bonchev–Trinajstić information content (AvgIpc) is 1.57. The first-order valence-electron chi connectivity index (χ1n) is 37.1. The highest BCUT2D eigenvalue weighted by Gasteiger charge is 2.14. The van der Waals surface area contributed by atoms with Crippen LogP contribution in [0, 0.1) is 67.0 Å². The molecule has 0 aliphatic carbocycles. The normalized spacial score (nSPS) is 12.6. The van der Waals surface area contributed by atoms with Crippen LogP contribution in [0.3, 0.4) is 0 Å². The van der Waals surface area contributed by atoms with Crippen molar-refractivity contribution in [3.8, 4) is 45.9 Å². The highest BCUT2D eigenvalue weighted by molar-refractivity contribution is 5.76. The van der Waals surface area contributed by atoms with Crippen LogP contribution in [-0.2, 0) is 9.47 Å². The first-order chi connectivity index (χ1) is 53.1. The monoisotopic (exact) mass is 1480 g/mol. The van der Waals surface area contributed by atoms with Crippen molar-refractivity contribution in [1.29, 1.82) is 0 Å². The van der Waals surface area contributed by atoms with Gasteiger partial charge in [-0.25, -0.2) is 13.5 Å². The van der Waals surface area contributed by atoms with Gasteiger partial charge in [-0.15, -0.1) is 0 Å². The Bertz CT molecular complexity index is 4550. The van der Waals surface area contributed by atoms with E-state index in [1.807, 2.05) is 186 Å². The van der Waals surface area contributed by atoms with Crippen molar-refractivity contribution in [2.24, 2.45) is 0 Å². The number of rotatable bonds is 21. The van der Waals surface area contributed by atoms with Crippen LogP contribution >= 0.6 is 0 Å². The van der Waals surface area contributed by atoms with Gasteiger partial charge in [0.05, 0.1) is 18.9 Å². The Labute approximate surface area is 647 Å². The summed E-state index contributed by atoms with van der Waals surface area (Å²) >= 11 is 0. The molecule has 0 bridgehead atoms. The number of halogens is 2. The van der Waals surface area contributed by atoms with Crippen LogP contribution < -0.4 is 19.3 Å². The maximum Gasteiger partial charge on any atom is 0.165 e. The van der Waals surface area contributed by atoms with Gasteiger partial charge in [-0.05, 0) is 309 Å². The second kappa shape index (κ2) is 41.4. The van der Waals surface area contributed by atoms with Crippen LogP contribution in [0.25, 0.3) is 66.4 Å². The zero-order valence-electron chi connectivity index (χ0n) is 64.7. The summed E-state index contributed by atoms with van der Waals surface area (Å²) in [4.78, 5) is 4.84. The molecule has 11 aromatic rings. The minimum Gasteiger partial charge on any atom is -0.507 e. The average molecular weight is 1480 g/mol. The number of ether oxygens (including phenoxy) is 4. The van der Waals surface area contributed by atoms with Gasteiger partial charge in [0, 0.05) is 64.2 Å². The van der Waals surface area contributed by atoms with Crippen molar-refractivity contribution in [2.45, 2.75) is 81.1 Å². The number of phenols is 5. The van der Waals surface area contributed by atoms with Crippen LogP contribution in [0.15, 0.2) is 200 Å². The third kappa shape index (κ3) is 25.1. The number of aromatic nitrogens is 2. The van der Waals surface area contributed by atoms with Gasteiger partial charge in [-0.3, -0.25) is 0 Å². The molecule has 1 aromatic heterocycles. The SMILES string of the molecule is COCCOc1ccc(/C=C/c2cc(C)c(O)c(C)c2)cc1.COCCOc1ccc(/C=C/c2cc(C)c(O)c(F)c2)cc1.Cc1cc(/C=C/c2ccc(-n3cccn3)cc2)cc(C)c1O.Cc1cc(/C=C\c2ccc(N3CCCC3)cc2)cc(C)c1O.Cc1cc(/C=C\c2ccc(N3CCCC3)cc2)cc(F)c1O. The molecule has 0 saturated carbocycles. The van der Waals surface area contributed by atoms with Crippen LogP contribution in [0.2, 0.25) is 0 Å². The fourth-order valence-corrected chi connectivity index (χ4v) is 12.5. The molecule has 0 spiro atoms. The van der Waals surface area contributed by atoms with Gasteiger partial charge in [-0.1, -0.05) is 121 Å². The van der Waals surface area contributed by atoms with Crippen LogP contribution in [0.5, 0.6) is 40.2 Å². The van der Waals surface area contributed by atoms with Gasteiger partial charge < -0.3 is 54.3 Å². The number of aromatic hydroxyl groups is 5. The molecule has 570 valence electrons. The first kappa shape index (κ1) is 82.2. The standard InChI is InChI=1S/C20H23NO.C19H20FNO.C19H18N2O.C19H22O3.C18H19FO3/c1-15-13-18(14-16(2)20(15)22)6-5-17-7-9-19(10-8-17)21-11-3-4-12-21;1-14-12-16(13-18(20)19(14)22)5-4-15-6-8-17(9-7-15)21-10-2-3-11-21;1-14-12-17(13-15(2)19(14)22)5-4-16-6-8-18(9-7-16)21-11-3-10-20-21;1-14-12-17(13-15(2)19(14)20)5-4-16-6-8-18(9-7-16)22-11-10-21-3;1-13-11-15(12-17(19)18(13)20)4-3-14-5-7-16(8-6-14)22-10-9-21-2/h5-10,13-14,22H,3-4,11-12H2,1-2H3;4-9,12-13,22H,2-3,10-11H2,1H3;3-13,22H,1-2H3;4-9,12-13,20H,10-11H2,1-3H3;3-8,11-12,20H,9-10H2,1-2H3/b6-5-;5-4-;2*5-4+;4-3+. The van der Waals surface area contributed by atoms with E-state index < -0.39 is 11.6 Å². The number of benzene rings is 10. The van der Waals surface area contributed by atoms with E-state index in [0.29, 0.717) is 60.4 Å². The predicted octanol–water partition coefficient (Wildman–Crippen LogP) is 22.0. The maximum absolute atomic E-state index is 13.5. The minimum atomic E-state index is -0.610. The topological polar surface area (TPSA) is 162 Å². The van der Waals surface area contributed by atoms with Crippen molar-refractivity contribution in [1.82, 2.24) is 9.78 Å². The Hall–Kier alpha value is -11.9. The summed E-state index contributed by atoms with van der Waals surface area (Å²) in [5.41, 5.74) is 20.3. The summed E-state index contributed by atoms with van der Waals surface area (Å²) < 4.78 is 49.7. The fraction of sp³-hybridized carbons (Fsp3) is 0.232. The fourth-order valence-electron chi connectivity index (χ4n) is 12.5. The Morgan fingerprint density at radius 1 is 0.318 bits per heavy atom. The van der Waals surface area contributed by atoms with Crippen molar-refractivity contribution >= 4 is 72.1 Å². The summed E-state index contributed by atoms with van der Waals surface area (Å²) in [5.74, 6) is 1.00. The smallest absolute Gasteiger partial charge is 0.165 e. The van der Waals surface area contributed by atoms with Gasteiger partial charge in [0.15, 0.2) is 23.1 Å². The van der Waals surface area contributed by atoms with Gasteiger partial charge >= 0.3 is 0 Å². The van der Waals surface area contributed by atoms with Crippen LogP contribution in [0.1, 0.15) is 126 Å². The van der Waals surface area contributed by atoms with Crippen molar-refractivity contribution in [3.05, 3.63) is 312 Å². The molecule has 0 atom stereocenters. The molecule has 13 rings (SSSR count). The molecule has 2 saturated heterocycles. The quantitative estimate of drug-likeness (QED) is 0.0342. The van der Waals surface area contributed by atoms with E-state index in [1.54, 1.807) is 52.5 Å². The van der Waals surface area contributed by atoms with E-state index in [2.05, 4.69) is 99.9 Å². The Morgan fingerprint density at radius 2 is 0.564 bits per heavy atom. The summed E-state index contributed by atoms with van der Waals surface area (Å²) in [6.07, 6.45) is 28.8. The third-order valence-corrected chi connectivity index (χ3v) is 18.7. The number of phenolic OH excluding ortho intramolecular Hbond substituents is 5. The van der Waals surface area contributed by atoms with Crippen LogP contribution in [-0.4, -0.2) is 102 Å². The van der Waals surface area contributed by atoms with Gasteiger partial charge in [0.25, 0.3) is 0 Å². The minimum absolute atomic E-state index is 0.271. The Balaban J connectivity index is 0.000000158. The lowest BCUT2D eigenvalue weighted by atomic mass is 10.0. The molecule has 2 aliphatic rings. The molecule has 15 heteroatoms. The van der Waals surface area contributed by atoms with Crippen molar-refractivity contribution < 1.29 is 53.3 Å². The highest BCUT2D eigenvalue weighted by atomic mass is 19.1. The van der Waals surface area contributed by atoms with Crippen molar-refractivity contribution in [3.63, 3.8) is 0 Å².